The summed E-state index contributed by atoms with van der Waals surface area (Å²) in [5.41, 5.74) is 6.85. The van der Waals surface area contributed by atoms with Crippen LogP contribution in [-0.4, -0.2) is 26.2 Å². The molecule has 2 aromatic heterocycles. The third kappa shape index (κ3) is 3.80. The highest BCUT2D eigenvalue weighted by molar-refractivity contribution is 7.91. The Balaban J connectivity index is 1.78. The summed E-state index contributed by atoms with van der Waals surface area (Å²) in [6, 6.07) is 3.88. The minimum atomic E-state index is -2.07. The molecular weight excluding hydrogens is 406 g/mol. The summed E-state index contributed by atoms with van der Waals surface area (Å²) in [5, 5.41) is 11.5. The number of rotatable bonds is 5. The molecule has 148 valence electrons. The van der Waals surface area contributed by atoms with Crippen molar-refractivity contribution in [3.05, 3.63) is 45.7 Å². The molecule has 0 aliphatic rings. The van der Waals surface area contributed by atoms with Crippen molar-refractivity contribution in [1.82, 2.24) is 15.5 Å². The number of halogens is 2. The number of fused-ring (bicyclic) bond motifs is 1. The average Bonchev–Trinajstić information content (AvgIpc) is 2.99. The molecule has 2 unspecified atom stereocenters. The van der Waals surface area contributed by atoms with Crippen molar-refractivity contribution in [2.24, 2.45) is 0 Å². The van der Waals surface area contributed by atoms with Gasteiger partial charge in [-0.15, -0.1) is 16.4 Å². The van der Waals surface area contributed by atoms with Gasteiger partial charge in [0, 0.05) is 30.0 Å². The summed E-state index contributed by atoms with van der Waals surface area (Å²) in [5.74, 6) is -1.19. The first-order chi connectivity index (χ1) is 13.2. The van der Waals surface area contributed by atoms with E-state index in [9.17, 15) is 18.1 Å². The van der Waals surface area contributed by atoms with E-state index in [1.807, 2.05) is 13.8 Å². The monoisotopic (exact) mass is 424 g/mol. The maximum Gasteiger partial charge on any atom is 0.263 e. The largest absolute Gasteiger partial charge is 0.609 e. The molecule has 0 aliphatic carbocycles. The maximum atomic E-state index is 14.1. The number of carbonyl (C=O) groups excluding carboxylic acids is 1. The fourth-order valence-electron chi connectivity index (χ4n) is 2.66. The second-order valence-electron chi connectivity index (χ2n) is 6.22. The Hall–Kier alpha value is -2.30. The van der Waals surface area contributed by atoms with E-state index in [-0.39, 0.29) is 11.4 Å². The average molecular weight is 424 g/mol. The van der Waals surface area contributed by atoms with E-state index in [0.717, 1.165) is 35.6 Å². The zero-order valence-corrected chi connectivity index (χ0v) is 17.0. The van der Waals surface area contributed by atoms with Crippen LogP contribution in [0.2, 0.25) is 0 Å². The van der Waals surface area contributed by atoms with Crippen molar-refractivity contribution in [3.8, 4) is 0 Å². The van der Waals surface area contributed by atoms with Gasteiger partial charge in [-0.1, -0.05) is 6.07 Å². The molecule has 2 heterocycles. The van der Waals surface area contributed by atoms with Crippen LogP contribution < -0.4 is 11.1 Å². The van der Waals surface area contributed by atoms with Gasteiger partial charge in [-0.2, -0.15) is 9.49 Å². The van der Waals surface area contributed by atoms with Crippen LogP contribution in [0.4, 0.5) is 14.5 Å². The second-order valence-corrected chi connectivity index (χ2v) is 8.91. The minimum absolute atomic E-state index is 0.0330. The van der Waals surface area contributed by atoms with Crippen molar-refractivity contribution in [3.63, 3.8) is 0 Å². The van der Waals surface area contributed by atoms with Crippen molar-refractivity contribution < 1.29 is 18.1 Å². The third-order valence-corrected chi connectivity index (χ3v) is 6.75. The number of aryl methyl sites for hydroxylation is 2. The van der Waals surface area contributed by atoms with Crippen LogP contribution in [0.25, 0.3) is 10.2 Å². The topological polar surface area (TPSA) is 104 Å². The lowest BCUT2D eigenvalue weighted by Gasteiger charge is -2.12. The Bertz CT molecular complexity index is 1060. The molecular formula is C18H18F2N4O2S2. The van der Waals surface area contributed by atoms with E-state index < -0.39 is 28.4 Å². The molecule has 0 spiro atoms. The molecule has 3 rings (SSSR count). The second kappa shape index (κ2) is 7.98. The van der Waals surface area contributed by atoms with E-state index in [2.05, 4.69) is 15.5 Å². The zero-order valence-electron chi connectivity index (χ0n) is 15.4. The van der Waals surface area contributed by atoms with Gasteiger partial charge in [-0.3, -0.25) is 4.79 Å². The van der Waals surface area contributed by atoms with Gasteiger partial charge in [-0.25, -0.2) is 4.39 Å². The number of aromatic nitrogens is 2. The molecule has 28 heavy (non-hydrogen) atoms. The molecule has 3 N–H and O–H groups in total. The van der Waals surface area contributed by atoms with Gasteiger partial charge in [0.1, 0.15) is 9.71 Å². The first-order valence-corrected chi connectivity index (χ1v) is 10.4. The summed E-state index contributed by atoms with van der Waals surface area (Å²) in [4.78, 5) is 13.2. The van der Waals surface area contributed by atoms with Crippen LogP contribution >= 0.6 is 11.3 Å². The molecule has 10 heteroatoms. The Morgan fingerprint density at radius 1 is 1.39 bits per heavy atom. The van der Waals surface area contributed by atoms with E-state index in [4.69, 9.17) is 5.73 Å². The van der Waals surface area contributed by atoms with Gasteiger partial charge in [0.05, 0.1) is 11.4 Å². The highest BCUT2D eigenvalue weighted by Gasteiger charge is 2.24. The van der Waals surface area contributed by atoms with Crippen LogP contribution in [0.15, 0.2) is 23.1 Å². The van der Waals surface area contributed by atoms with Gasteiger partial charge < -0.3 is 15.6 Å². The Kier molecular flexibility index (Phi) is 5.82. The SMILES string of the molecule is Cc1nnc2sc(C(=O)NCc3ccc([S+]([O-])C(C)F)c(F)c3)c(N)c2c1C. The lowest BCUT2D eigenvalue weighted by atomic mass is 10.1. The molecule has 0 saturated heterocycles. The zero-order chi connectivity index (χ0) is 20.6. The van der Waals surface area contributed by atoms with Crippen LogP contribution in [-0.2, 0) is 17.7 Å². The molecule has 0 bridgehead atoms. The molecule has 3 aromatic rings. The van der Waals surface area contributed by atoms with E-state index in [1.165, 1.54) is 12.1 Å². The molecule has 1 aromatic carbocycles. The standard InChI is InChI=1S/C18H18F2N4O2S2/c1-8-9(2)23-24-18-14(8)15(21)16(27-18)17(25)22-7-11-4-5-13(12(20)6-11)28(26)10(3)19/h4-6,10H,7,21H2,1-3H3,(H,22,25). The molecule has 0 saturated carbocycles. The Morgan fingerprint density at radius 3 is 2.75 bits per heavy atom. The summed E-state index contributed by atoms with van der Waals surface area (Å²) < 4.78 is 38.9. The summed E-state index contributed by atoms with van der Waals surface area (Å²) in [6.45, 7) is 4.81. The number of nitrogens with zero attached hydrogens (tertiary/aromatic N) is 2. The number of carbonyl (C=O) groups is 1. The van der Waals surface area contributed by atoms with Gasteiger partial charge in [0.15, 0.2) is 10.7 Å². The number of amides is 1. The number of anilines is 1. The van der Waals surface area contributed by atoms with Crippen molar-refractivity contribution in [2.45, 2.75) is 37.7 Å². The third-order valence-electron chi connectivity index (χ3n) is 4.30. The molecule has 0 radical (unpaired) electrons. The summed E-state index contributed by atoms with van der Waals surface area (Å²) >= 11 is -0.934. The van der Waals surface area contributed by atoms with Gasteiger partial charge in [-0.05, 0) is 37.1 Å². The number of benzene rings is 1. The van der Waals surface area contributed by atoms with Crippen LogP contribution in [0.5, 0.6) is 0 Å². The Morgan fingerprint density at radius 2 is 2.11 bits per heavy atom. The summed E-state index contributed by atoms with van der Waals surface area (Å²) in [6.07, 6.45) is 0. The fourth-order valence-corrected chi connectivity index (χ4v) is 4.48. The highest BCUT2D eigenvalue weighted by atomic mass is 32.2. The molecule has 0 aliphatic heterocycles. The quantitative estimate of drug-likeness (QED) is 0.611. The molecule has 1 amide bonds. The molecule has 2 atom stereocenters. The smallest absolute Gasteiger partial charge is 0.263 e. The predicted octanol–water partition coefficient (Wildman–Crippen LogP) is 3.38. The maximum absolute atomic E-state index is 14.1. The van der Waals surface area contributed by atoms with Crippen molar-refractivity contribution in [1.29, 1.82) is 0 Å². The number of thiophene rings is 1. The van der Waals surface area contributed by atoms with Crippen LogP contribution in [0.1, 0.15) is 33.4 Å². The van der Waals surface area contributed by atoms with Gasteiger partial charge in [0.25, 0.3) is 11.4 Å². The number of nitrogens with one attached hydrogen (secondary N) is 1. The number of hydrogen-bond acceptors (Lipinski definition) is 6. The van der Waals surface area contributed by atoms with E-state index in [1.54, 1.807) is 0 Å². The first kappa shape index (κ1) is 20.4. The summed E-state index contributed by atoms with van der Waals surface area (Å²) in [7, 11) is 0. The molecule has 0 fully saturated rings. The first-order valence-electron chi connectivity index (χ1n) is 8.33. The lowest BCUT2D eigenvalue weighted by Crippen LogP contribution is -2.23. The fraction of sp³-hybridized carbons (Fsp3) is 0.278. The van der Waals surface area contributed by atoms with Crippen LogP contribution in [0.3, 0.4) is 0 Å². The van der Waals surface area contributed by atoms with Crippen molar-refractivity contribution in [2.75, 3.05) is 5.73 Å². The predicted molar refractivity (Wildman–Crippen MR) is 106 cm³/mol. The number of nitrogens with two attached hydrogens (primary N) is 1. The van der Waals surface area contributed by atoms with E-state index in [0.29, 0.717) is 26.3 Å². The van der Waals surface area contributed by atoms with Crippen LogP contribution in [0, 0.1) is 19.7 Å². The van der Waals surface area contributed by atoms with Crippen molar-refractivity contribution >= 4 is 44.3 Å². The minimum Gasteiger partial charge on any atom is -0.609 e. The molecule has 6 nitrogen and oxygen atoms in total. The van der Waals surface area contributed by atoms with Gasteiger partial charge in [0.2, 0.25) is 0 Å². The Labute approximate surface area is 167 Å². The number of hydrogen-bond donors (Lipinski definition) is 2. The number of alkyl halides is 1. The van der Waals surface area contributed by atoms with Gasteiger partial charge >= 0.3 is 0 Å². The van der Waals surface area contributed by atoms with E-state index >= 15 is 0 Å². The number of nitrogen functional groups attached to an aromatic ring is 1. The highest BCUT2D eigenvalue weighted by Crippen LogP contribution is 2.34. The lowest BCUT2D eigenvalue weighted by molar-refractivity contribution is 0.0955. The normalized spacial score (nSPS) is 13.5.